The van der Waals surface area contributed by atoms with Crippen molar-refractivity contribution in [3.63, 3.8) is 0 Å². The molecule has 3 aromatic rings. The summed E-state index contributed by atoms with van der Waals surface area (Å²) < 4.78 is 0. The molecule has 1 fully saturated rings. The van der Waals surface area contributed by atoms with Gasteiger partial charge in [0.05, 0.1) is 0 Å². The molecule has 2 aromatic heterocycles. The molecule has 1 aliphatic rings. The predicted molar refractivity (Wildman–Crippen MR) is 107 cm³/mol. The number of nitrogens with zero attached hydrogens (tertiary/aromatic N) is 4. The van der Waals surface area contributed by atoms with Gasteiger partial charge in [-0.25, -0.2) is 9.97 Å². The number of pyridine rings is 2. The topological polar surface area (TPSA) is 66.4 Å². The van der Waals surface area contributed by atoms with E-state index < -0.39 is 6.04 Å². The molecule has 3 heterocycles. The van der Waals surface area contributed by atoms with Crippen molar-refractivity contribution in [3.8, 4) is 0 Å². The Hall–Kier alpha value is -3.28. The molecule has 6 nitrogen and oxygen atoms in total. The molecule has 1 aliphatic heterocycles. The SMILES string of the molecule is Cc1cccc(CN2CCN(C(=O)c3ccc4cccnc4n3)[C@H](C)C2=O)c1. The maximum absolute atomic E-state index is 13.0. The lowest BCUT2D eigenvalue weighted by molar-refractivity contribution is -0.140. The van der Waals surface area contributed by atoms with Crippen molar-refractivity contribution in [3.05, 3.63) is 71.5 Å². The van der Waals surface area contributed by atoms with Crippen molar-refractivity contribution < 1.29 is 9.59 Å². The first-order valence-electron chi connectivity index (χ1n) is 9.40. The Morgan fingerprint density at radius 2 is 2.00 bits per heavy atom. The van der Waals surface area contributed by atoms with Crippen molar-refractivity contribution in [2.24, 2.45) is 0 Å². The van der Waals surface area contributed by atoms with Crippen molar-refractivity contribution in [2.45, 2.75) is 26.4 Å². The molecule has 28 heavy (non-hydrogen) atoms. The summed E-state index contributed by atoms with van der Waals surface area (Å²) >= 11 is 0. The number of rotatable bonds is 3. The number of hydrogen-bond acceptors (Lipinski definition) is 4. The zero-order chi connectivity index (χ0) is 19.7. The summed E-state index contributed by atoms with van der Waals surface area (Å²) in [6, 6.07) is 14.9. The van der Waals surface area contributed by atoms with Gasteiger partial charge in [0.15, 0.2) is 5.65 Å². The van der Waals surface area contributed by atoms with Crippen LogP contribution in [0.4, 0.5) is 0 Å². The first kappa shape index (κ1) is 18.1. The second-order valence-electron chi connectivity index (χ2n) is 7.17. The third-order valence-corrected chi connectivity index (χ3v) is 5.15. The zero-order valence-electron chi connectivity index (χ0n) is 16.0. The molecule has 4 rings (SSSR count). The van der Waals surface area contributed by atoms with Crippen LogP contribution in [0.5, 0.6) is 0 Å². The number of aromatic nitrogens is 2. The Bertz CT molecular complexity index is 1050. The largest absolute Gasteiger partial charge is 0.335 e. The molecule has 142 valence electrons. The molecular weight excluding hydrogens is 352 g/mol. The number of carbonyl (C=O) groups excluding carboxylic acids is 2. The molecule has 0 bridgehead atoms. The first-order chi connectivity index (χ1) is 13.5. The number of fused-ring (bicyclic) bond motifs is 1. The van der Waals surface area contributed by atoms with E-state index in [0.717, 1.165) is 10.9 Å². The Morgan fingerprint density at radius 1 is 1.14 bits per heavy atom. The first-order valence-corrected chi connectivity index (χ1v) is 9.40. The van der Waals surface area contributed by atoms with Crippen LogP contribution in [0.3, 0.4) is 0 Å². The highest BCUT2D eigenvalue weighted by atomic mass is 16.2. The fourth-order valence-corrected chi connectivity index (χ4v) is 3.61. The van der Waals surface area contributed by atoms with Gasteiger partial charge in [0.1, 0.15) is 11.7 Å². The maximum atomic E-state index is 13.0. The summed E-state index contributed by atoms with van der Waals surface area (Å²) in [5.41, 5.74) is 3.12. The third kappa shape index (κ3) is 3.45. The molecule has 0 unspecified atom stereocenters. The van der Waals surface area contributed by atoms with Crippen LogP contribution in [-0.4, -0.2) is 50.7 Å². The number of piperazine rings is 1. The monoisotopic (exact) mass is 374 g/mol. The van der Waals surface area contributed by atoms with E-state index in [1.165, 1.54) is 5.56 Å². The molecule has 0 radical (unpaired) electrons. The minimum absolute atomic E-state index is 0.0416. The molecule has 0 N–H and O–H groups in total. The summed E-state index contributed by atoms with van der Waals surface area (Å²) in [6.07, 6.45) is 1.65. The summed E-state index contributed by atoms with van der Waals surface area (Å²) in [4.78, 5) is 37.9. The number of hydrogen-bond donors (Lipinski definition) is 0. The summed E-state index contributed by atoms with van der Waals surface area (Å²) in [7, 11) is 0. The maximum Gasteiger partial charge on any atom is 0.273 e. The number of benzene rings is 1. The second-order valence-corrected chi connectivity index (χ2v) is 7.17. The van der Waals surface area contributed by atoms with Gasteiger partial charge in [-0.05, 0) is 43.7 Å². The van der Waals surface area contributed by atoms with Gasteiger partial charge >= 0.3 is 0 Å². The van der Waals surface area contributed by atoms with Crippen LogP contribution in [0.15, 0.2) is 54.7 Å². The van der Waals surface area contributed by atoms with E-state index in [0.29, 0.717) is 31.0 Å². The Balaban J connectivity index is 1.50. The van der Waals surface area contributed by atoms with Gasteiger partial charge in [-0.3, -0.25) is 9.59 Å². The van der Waals surface area contributed by atoms with Crippen molar-refractivity contribution in [1.29, 1.82) is 0 Å². The number of aryl methyl sites for hydroxylation is 1. The lowest BCUT2D eigenvalue weighted by atomic mass is 10.1. The smallest absolute Gasteiger partial charge is 0.273 e. The van der Waals surface area contributed by atoms with E-state index in [1.807, 2.05) is 48.2 Å². The molecule has 0 saturated carbocycles. The van der Waals surface area contributed by atoms with Crippen molar-refractivity contribution in [1.82, 2.24) is 19.8 Å². The van der Waals surface area contributed by atoms with Gasteiger partial charge in [-0.15, -0.1) is 0 Å². The molecule has 0 spiro atoms. The second kappa shape index (κ2) is 7.38. The van der Waals surface area contributed by atoms with E-state index in [9.17, 15) is 9.59 Å². The van der Waals surface area contributed by atoms with E-state index in [-0.39, 0.29) is 11.8 Å². The van der Waals surface area contributed by atoms with Gasteiger partial charge in [0.25, 0.3) is 5.91 Å². The fraction of sp³-hybridized carbons (Fsp3) is 0.273. The van der Waals surface area contributed by atoms with Crippen LogP contribution < -0.4 is 0 Å². The minimum Gasteiger partial charge on any atom is -0.335 e. The number of carbonyl (C=O) groups is 2. The molecule has 1 aromatic carbocycles. The lowest BCUT2D eigenvalue weighted by Crippen LogP contribution is -2.57. The van der Waals surface area contributed by atoms with Crippen LogP contribution in [0, 0.1) is 6.92 Å². The third-order valence-electron chi connectivity index (χ3n) is 5.15. The normalized spacial score (nSPS) is 17.2. The molecular formula is C22H22N4O2. The quantitative estimate of drug-likeness (QED) is 0.707. The van der Waals surface area contributed by atoms with Crippen LogP contribution in [0.2, 0.25) is 0 Å². The Labute approximate surface area is 163 Å². The van der Waals surface area contributed by atoms with Crippen LogP contribution in [0.25, 0.3) is 11.0 Å². The summed E-state index contributed by atoms with van der Waals surface area (Å²) in [5.74, 6) is -0.274. The summed E-state index contributed by atoms with van der Waals surface area (Å²) in [5, 5.41) is 0.881. The molecule has 1 atom stereocenters. The minimum atomic E-state index is -0.521. The van der Waals surface area contributed by atoms with Gasteiger partial charge in [-0.2, -0.15) is 0 Å². The van der Waals surface area contributed by atoms with Crippen LogP contribution in [0.1, 0.15) is 28.5 Å². The number of amides is 2. The Kier molecular flexibility index (Phi) is 4.77. The Morgan fingerprint density at radius 3 is 2.82 bits per heavy atom. The predicted octanol–water partition coefficient (Wildman–Crippen LogP) is 2.81. The average Bonchev–Trinajstić information content (AvgIpc) is 2.71. The lowest BCUT2D eigenvalue weighted by Gasteiger charge is -2.39. The van der Waals surface area contributed by atoms with Gasteiger partial charge in [0.2, 0.25) is 5.91 Å². The highest BCUT2D eigenvalue weighted by Gasteiger charge is 2.35. The zero-order valence-corrected chi connectivity index (χ0v) is 16.0. The average molecular weight is 374 g/mol. The highest BCUT2D eigenvalue weighted by Crippen LogP contribution is 2.18. The van der Waals surface area contributed by atoms with Gasteiger partial charge in [-0.1, -0.05) is 29.8 Å². The van der Waals surface area contributed by atoms with E-state index >= 15 is 0 Å². The van der Waals surface area contributed by atoms with Crippen LogP contribution >= 0.6 is 0 Å². The molecule has 0 aliphatic carbocycles. The standard InChI is InChI=1S/C22H22N4O2/c1-15-5-3-6-17(13-15)14-25-11-12-26(16(2)21(25)27)22(28)19-9-8-18-7-4-10-23-20(18)24-19/h3-10,13,16H,11-12,14H2,1-2H3/t16-/m1/s1. The highest BCUT2D eigenvalue weighted by molar-refractivity contribution is 5.98. The van der Waals surface area contributed by atoms with Crippen molar-refractivity contribution in [2.75, 3.05) is 13.1 Å². The fourth-order valence-electron chi connectivity index (χ4n) is 3.61. The van der Waals surface area contributed by atoms with Crippen LogP contribution in [-0.2, 0) is 11.3 Å². The van der Waals surface area contributed by atoms with Crippen molar-refractivity contribution >= 4 is 22.8 Å². The van der Waals surface area contributed by atoms with E-state index in [2.05, 4.69) is 16.0 Å². The van der Waals surface area contributed by atoms with Gasteiger partial charge in [0, 0.05) is 31.2 Å². The molecule has 1 saturated heterocycles. The van der Waals surface area contributed by atoms with E-state index in [4.69, 9.17) is 0 Å². The van der Waals surface area contributed by atoms with Gasteiger partial charge < -0.3 is 9.80 Å². The summed E-state index contributed by atoms with van der Waals surface area (Å²) in [6.45, 7) is 5.37. The van der Waals surface area contributed by atoms with E-state index in [1.54, 1.807) is 24.1 Å². The molecule has 2 amide bonds. The molecule has 6 heteroatoms.